The number of fused-ring (bicyclic) bond motifs is 1. The molecule has 132 valence electrons. The Morgan fingerprint density at radius 2 is 1.96 bits per heavy atom. The summed E-state index contributed by atoms with van der Waals surface area (Å²) < 4.78 is 0. The van der Waals surface area contributed by atoms with Gasteiger partial charge in [0, 0.05) is 17.1 Å². The second-order valence-corrected chi connectivity index (χ2v) is 6.77. The molecule has 0 spiro atoms. The molecule has 1 aliphatic heterocycles. The van der Waals surface area contributed by atoms with Gasteiger partial charge in [-0.15, -0.1) is 5.10 Å². The molecule has 4 rings (SSSR count). The van der Waals surface area contributed by atoms with Crippen molar-refractivity contribution in [2.45, 2.75) is 0 Å². The van der Waals surface area contributed by atoms with Crippen LogP contribution in [0.15, 0.2) is 76.9 Å². The molecule has 1 aliphatic rings. The van der Waals surface area contributed by atoms with E-state index in [0.717, 1.165) is 16.5 Å². The van der Waals surface area contributed by atoms with Gasteiger partial charge in [0.05, 0.1) is 10.4 Å². The maximum atomic E-state index is 12.2. The minimum atomic E-state index is -0.336. The summed E-state index contributed by atoms with van der Waals surface area (Å²) in [6, 6.07) is 18.4. The summed E-state index contributed by atoms with van der Waals surface area (Å²) in [5, 5.41) is 7.97. The second kappa shape index (κ2) is 7.43. The summed E-state index contributed by atoms with van der Waals surface area (Å²) in [5.74, 6) is -0.587. The Labute approximate surface area is 159 Å². The van der Waals surface area contributed by atoms with Crippen molar-refractivity contribution in [3.63, 3.8) is 0 Å². The Balaban J connectivity index is 1.49. The van der Waals surface area contributed by atoms with Gasteiger partial charge < -0.3 is 0 Å². The average molecular weight is 374 g/mol. The fourth-order valence-electron chi connectivity index (χ4n) is 2.57. The van der Waals surface area contributed by atoms with Crippen LogP contribution in [0.3, 0.4) is 0 Å². The van der Waals surface area contributed by atoms with Crippen LogP contribution in [0.1, 0.15) is 15.9 Å². The number of pyridine rings is 1. The molecule has 2 N–H and O–H groups in total. The number of hydrogen-bond acceptors (Lipinski definition) is 5. The summed E-state index contributed by atoms with van der Waals surface area (Å²) in [7, 11) is 0. The predicted molar refractivity (Wildman–Crippen MR) is 107 cm³/mol. The molecule has 0 radical (unpaired) electrons. The van der Waals surface area contributed by atoms with E-state index in [9.17, 15) is 9.59 Å². The lowest BCUT2D eigenvalue weighted by molar-refractivity contribution is -0.115. The molecule has 2 heterocycles. The molecular formula is C20H14N4O2S. The summed E-state index contributed by atoms with van der Waals surface area (Å²) in [5.41, 5.74) is 4.73. The molecule has 0 bridgehead atoms. The van der Waals surface area contributed by atoms with Crippen LogP contribution in [0.5, 0.6) is 0 Å². The number of nitrogens with zero attached hydrogens (tertiary/aromatic N) is 2. The molecule has 1 saturated heterocycles. The van der Waals surface area contributed by atoms with Crippen LogP contribution in [0.2, 0.25) is 0 Å². The first-order valence-corrected chi connectivity index (χ1v) is 8.99. The van der Waals surface area contributed by atoms with Crippen molar-refractivity contribution in [3.8, 4) is 0 Å². The highest BCUT2D eigenvalue weighted by molar-refractivity contribution is 8.18. The number of hydrogen-bond donors (Lipinski definition) is 2. The van der Waals surface area contributed by atoms with E-state index in [1.165, 1.54) is 11.8 Å². The van der Waals surface area contributed by atoms with E-state index in [2.05, 4.69) is 20.8 Å². The number of rotatable bonds is 3. The van der Waals surface area contributed by atoms with Gasteiger partial charge in [0.2, 0.25) is 0 Å². The number of nitrogens with one attached hydrogen (secondary N) is 2. The number of aromatic nitrogens is 1. The normalized spacial score (nSPS) is 16.7. The highest BCUT2D eigenvalue weighted by Crippen LogP contribution is 2.26. The molecular weight excluding hydrogens is 360 g/mol. The lowest BCUT2D eigenvalue weighted by Crippen LogP contribution is -2.25. The van der Waals surface area contributed by atoms with Gasteiger partial charge in [-0.2, -0.15) is 0 Å². The number of carbonyl (C=O) groups is 2. The van der Waals surface area contributed by atoms with E-state index >= 15 is 0 Å². The van der Waals surface area contributed by atoms with Crippen LogP contribution in [0.4, 0.5) is 0 Å². The smallest absolute Gasteiger partial charge is 0.271 e. The van der Waals surface area contributed by atoms with E-state index in [0.29, 0.717) is 15.6 Å². The molecule has 0 aliphatic carbocycles. The van der Waals surface area contributed by atoms with Crippen molar-refractivity contribution in [2.24, 2.45) is 5.10 Å². The van der Waals surface area contributed by atoms with Gasteiger partial charge in [0.15, 0.2) is 5.17 Å². The van der Waals surface area contributed by atoms with Gasteiger partial charge in [0.25, 0.3) is 11.8 Å². The number of benzene rings is 2. The minimum Gasteiger partial charge on any atom is -0.299 e. The molecule has 1 aromatic heterocycles. The summed E-state index contributed by atoms with van der Waals surface area (Å²) >= 11 is 1.18. The van der Waals surface area contributed by atoms with Crippen molar-refractivity contribution < 1.29 is 9.59 Å². The first-order valence-electron chi connectivity index (χ1n) is 8.18. The summed E-state index contributed by atoms with van der Waals surface area (Å²) in [6.45, 7) is 0. The van der Waals surface area contributed by atoms with Crippen molar-refractivity contribution >= 4 is 45.7 Å². The molecule has 0 unspecified atom stereocenters. The largest absolute Gasteiger partial charge is 0.299 e. The highest BCUT2D eigenvalue weighted by atomic mass is 32.2. The van der Waals surface area contributed by atoms with Crippen LogP contribution in [-0.4, -0.2) is 22.0 Å². The third-order valence-electron chi connectivity index (χ3n) is 3.87. The molecule has 6 nitrogen and oxygen atoms in total. The van der Waals surface area contributed by atoms with Crippen LogP contribution in [0.25, 0.3) is 17.0 Å². The Bertz CT molecular complexity index is 1090. The fourth-order valence-corrected chi connectivity index (χ4v) is 3.35. The molecule has 0 atom stereocenters. The van der Waals surface area contributed by atoms with E-state index in [1.54, 1.807) is 36.5 Å². The molecule has 7 heteroatoms. The maximum Gasteiger partial charge on any atom is 0.271 e. The van der Waals surface area contributed by atoms with Crippen molar-refractivity contribution in [1.29, 1.82) is 0 Å². The topological polar surface area (TPSA) is 83.5 Å². The Kier molecular flexibility index (Phi) is 4.67. The Hall–Kier alpha value is -3.45. The van der Waals surface area contributed by atoms with Crippen molar-refractivity contribution in [1.82, 2.24) is 15.7 Å². The Morgan fingerprint density at radius 1 is 1.11 bits per heavy atom. The number of hydrazone groups is 1. The number of carbonyl (C=O) groups excluding carboxylic acids is 2. The van der Waals surface area contributed by atoms with Crippen molar-refractivity contribution in [3.05, 3.63) is 82.9 Å². The SMILES string of the molecule is O=C1NC(=NNC(=O)c2ccccc2)S/C1=C\c1ccc2ncccc2c1. The number of amides is 2. The van der Waals surface area contributed by atoms with Gasteiger partial charge in [-0.3, -0.25) is 19.9 Å². The summed E-state index contributed by atoms with van der Waals surface area (Å²) in [4.78, 5) is 29.0. The van der Waals surface area contributed by atoms with E-state index in [-0.39, 0.29) is 11.8 Å². The van der Waals surface area contributed by atoms with Crippen molar-refractivity contribution in [2.75, 3.05) is 0 Å². The van der Waals surface area contributed by atoms with Gasteiger partial charge >= 0.3 is 0 Å². The van der Waals surface area contributed by atoms with Crippen LogP contribution in [-0.2, 0) is 4.79 Å². The van der Waals surface area contributed by atoms with Crippen LogP contribution >= 0.6 is 11.8 Å². The first kappa shape index (κ1) is 17.0. The predicted octanol–water partition coefficient (Wildman–Crippen LogP) is 3.14. The van der Waals surface area contributed by atoms with Gasteiger partial charge in [-0.05, 0) is 53.7 Å². The number of amidine groups is 1. The number of thioether (sulfide) groups is 1. The van der Waals surface area contributed by atoms with Gasteiger partial charge in [-0.25, -0.2) is 5.43 Å². The Morgan fingerprint density at radius 3 is 2.81 bits per heavy atom. The van der Waals surface area contributed by atoms with E-state index in [4.69, 9.17) is 0 Å². The minimum absolute atomic E-state index is 0.251. The lowest BCUT2D eigenvalue weighted by Gasteiger charge is -2.00. The zero-order valence-electron chi connectivity index (χ0n) is 14.0. The van der Waals surface area contributed by atoms with E-state index < -0.39 is 0 Å². The van der Waals surface area contributed by atoms with Crippen LogP contribution in [0, 0.1) is 0 Å². The molecule has 2 amide bonds. The first-order chi connectivity index (χ1) is 13.2. The van der Waals surface area contributed by atoms with Gasteiger partial charge in [0.1, 0.15) is 0 Å². The summed E-state index contributed by atoms with van der Waals surface area (Å²) in [6.07, 6.45) is 3.53. The van der Waals surface area contributed by atoms with Crippen LogP contribution < -0.4 is 10.7 Å². The zero-order chi connectivity index (χ0) is 18.6. The molecule has 1 fully saturated rings. The average Bonchev–Trinajstić information content (AvgIpc) is 3.06. The standard InChI is InChI=1S/C20H14N4O2S/c25-18(14-5-2-1-3-6-14)23-24-20-22-19(26)17(27-20)12-13-8-9-16-15(11-13)7-4-10-21-16/h1-12H,(H,23,25)(H,22,24,26)/b17-12-. The molecule has 3 aromatic rings. The molecule has 2 aromatic carbocycles. The van der Waals surface area contributed by atoms with E-state index in [1.807, 2.05) is 36.4 Å². The lowest BCUT2D eigenvalue weighted by atomic mass is 10.1. The quantitative estimate of drug-likeness (QED) is 0.545. The monoisotopic (exact) mass is 374 g/mol. The third kappa shape index (κ3) is 3.88. The maximum absolute atomic E-state index is 12.2. The second-order valence-electron chi connectivity index (χ2n) is 5.74. The molecule has 27 heavy (non-hydrogen) atoms. The molecule has 0 saturated carbocycles. The van der Waals surface area contributed by atoms with Gasteiger partial charge in [-0.1, -0.05) is 30.3 Å². The zero-order valence-corrected chi connectivity index (χ0v) is 14.9. The third-order valence-corrected chi connectivity index (χ3v) is 4.78. The highest BCUT2D eigenvalue weighted by Gasteiger charge is 2.24. The fraction of sp³-hybridized carbons (Fsp3) is 0.